The number of rotatable bonds is 5. The number of hydrogen-bond acceptors (Lipinski definition) is 3. The van der Waals surface area contributed by atoms with Crippen LogP contribution in [0, 0.1) is 0 Å². The van der Waals surface area contributed by atoms with Gasteiger partial charge < -0.3 is 14.8 Å². The number of ether oxygens (including phenoxy) is 2. The van der Waals surface area contributed by atoms with E-state index in [2.05, 4.69) is 11.9 Å². The van der Waals surface area contributed by atoms with Crippen LogP contribution in [-0.4, -0.2) is 20.8 Å². The molecule has 3 nitrogen and oxygen atoms in total. The van der Waals surface area contributed by atoms with Crippen LogP contribution < -0.4 is 14.8 Å². The Labute approximate surface area is 105 Å². The number of hydrogen-bond donors (Lipinski definition) is 1. The Hall–Kier alpha value is -1.06. The van der Waals surface area contributed by atoms with Gasteiger partial charge in [-0.3, -0.25) is 0 Å². The van der Waals surface area contributed by atoms with Gasteiger partial charge in [0, 0.05) is 11.1 Å². The van der Waals surface area contributed by atoms with Crippen molar-refractivity contribution in [3.05, 3.63) is 28.8 Å². The Balaban J connectivity index is 2.98. The van der Waals surface area contributed by atoms with Gasteiger partial charge in [0.2, 0.25) is 0 Å². The molecule has 1 rings (SSSR count). The Bertz CT molecular complexity index is 394. The van der Waals surface area contributed by atoms with Crippen molar-refractivity contribution < 1.29 is 9.47 Å². The monoisotopic (exact) mass is 261 g/mol. The first-order valence-electron chi connectivity index (χ1n) is 4.57. The lowest BCUT2D eigenvalue weighted by atomic mass is 10.2. The molecule has 0 radical (unpaired) electrons. The fraction of sp³-hybridized carbons (Fsp3) is 0.273. The molecule has 1 aromatic rings. The van der Waals surface area contributed by atoms with E-state index in [1.165, 1.54) is 0 Å². The highest BCUT2D eigenvalue weighted by atomic mass is 35.5. The summed E-state index contributed by atoms with van der Waals surface area (Å²) in [6.45, 7) is 4.03. The van der Waals surface area contributed by atoms with Gasteiger partial charge in [-0.2, -0.15) is 0 Å². The van der Waals surface area contributed by atoms with Crippen LogP contribution >= 0.6 is 23.2 Å². The van der Waals surface area contributed by atoms with Crippen molar-refractivity contribution in [2.75, 3.05) is 26.1 Å². The van der Waals surface area contributed by atoms with Crippen LogP contribution in [0.25, 0.3) is 0 Å². The molecular weight excluding hydrogens is 249 g/mol. The fourth-order valence-corrected chi connectivity index (χ4v) is 1.50. The average Bonchev–Trinajstić information content (AvgIpc) is 2.26. The van der Waals surface area contributed by atoms with E-state index in [4.69, 9.17) is 32.7 Å². The van der Waals surface area contributed by atoms with Crippen LogP contribution in [0.5, 0.6) is 11.5 Å². The zero-order valence-corrected chi connectivity index (χ0v) is 10.7. The largest absolute Gasteiger partial charge is 0.495 e. The minimum Gasteiger partial charge on any atom is -0.495 e. The average molecular weight is 262 g/mol. The molecule has 0 atom stereocenters. The van der Waals surface area contributed by atoms with E-state index in [1.54, 1.807) is 26.4 Å². The summed E-state index contributed by atoms with van der Waals surface area (Å²) in [7, 11) is 3.12. The lowest BCUT2D eigenvalue weighted by Gasteiger charge is -2.13. The highest BCUT2D eigenvalue weighted by Gasteiger charge is 2.09. The topological polar surface area (TPSA) is 30.5 Å². The summed E-state index contributed by atoms with van der Waals surface area (Å²) in [6.07, 6.45) is 0. The molecule has 0 bridgehead atoms. The molecule has 0 fully saturated rings. The van der Waals surface area contributed by atoms with Gasteiger partial charge in [-0.1, -0.05) is 29.8 Å². The minimum atomic E-state index is 0.445. The molecule has 5 heteroatoms. The Morgan fingerprint density at radius 3 is 2.44 bits per heavy atom. The lowest BCUT2D eigenvalue weighted by molar-refractivity contribution is 0.395. The second-order valence-corrected chi connectivity index (χ2v) is 4.00. The van der Waals surface area contributed by atoms with Crippen molar-refractivity contribution in [2.24, 2.45) is 0 Å². The number of anilines is 1. The van der Waals surface area contributed by atoms with Crippen LogP contribution in [0.2, 0.25) is 5.02 Å². The minimum absolute atomic E-state index is 0.445. The smallest absolute Gasteiger partial charge is 0.145 e. The van der Waals surface area contributed by atoms with Crippen molar-refractivity contribution in [1.29, 1.82) is 0 Å². The molecule has 88 valence electrons. The molecule has 1 aromatic carbocycles. The maximum absolute atomic E-state index is 6.00. The molecule has 0 aliphatic rings. The molecule has 1 N–H and O–H groups in total. The van der Waals surface area contributed by atoms with E-state index < -0.39 is 0 Å². The van der Waals surface area contributed by atoms with Crippen molar-refractivity contribution in [2.45, 2.75) is 0 Å². The normalized spacial score (nSPS) is 9.75. The van der Waals surface area contributed by atoms with E-state index in [9.17, 15) is 0 Å². The maximum atomic E-state index is 6.00. The summed E-state index contributed by atoms with van der Waals surface area (Å²) >= 11 is 11.7. The van der Waals surface area contributed by atoms with Crippen molar-refractivity contribution in [3.63, 3.8) is 0 Å². The molecule has 0 aromatic heterocycles. The second-order valence-electron chi connectivity index (χ2n) is 3.06. The van der Waals surface area contributed by atoms with Crippen molar-refractivity contribution in [1.82, 2.24) is 0 Å². The van der Waals surface area contributed by atoms with Gasteiger partial charge in [-0.25, -0.2) is 0 Å². The zero-order valence-electron chi connectivity index (χ0n) is 9.14. The molecular formula is C11H13Cl2NO2. The van der Waals surface area contributed by atoms with Crippen LogP contribution in [0.15, 0.2) is 23.7 Å². The van der Waals surface area contributed by atoms with Crippen molar-refractivity contribution in [3.8, 4) is 11.5 Å². The van der Waals surface area contributed by atoms with Crippen LogP contribution in [0.3, 0.4) is 0 Å². The van der Waals surface area contributed by atoms with E-state index in [0.717, 1.165) is 5.69 Å². The summed E-state index contributed by atoms with van der Waals surface area (Å²) in [5.41, 5.74) is 0.745. The predicted octanol–water partition coefficient (Wildman–Crippen LogP) is 3.52. The molecule has 0 spiro atoms. The molecule has 0 aliphatic carbocycles. The van der Waals surface area contributed by atoms with E-state index in [0.29, 0.717) is 28.1 Å². The molecule has 0 saturated heterocycles. The summed E-state index contributed by atoms with van der Waals surface area (Å²) < 4.78 is 10.3. The number of methoxy groups -OCH3 is 2. The van der Waals surface area contributed by atoms with Gasteiger partial charge in [-0.05, 0) is 6.07 Å². The van der Waals surface area contributed by atoms with E-state index in [1.807, 2.05) is 0 Å². The Morgan fingerprint density at radius 1 is 1.31 bits per heavy atom. The standard InChI is InChI=1S/C11H13Cl2NO2/c1-7(12)6-14-9-4-8(13)10(15-2)5-11(9)16-3/h4-5,14H,1,6H2,2-3H3. The van der Waals surface area contributed by atoms with Gasteiger partial charge in [0.1, 0.15) is 11.5 Å². The molecule has 0 unspecified atom stereocenters. The third kappa shape index (κ3) is 3.22. The lowest BCUT2D eigenvalue weighted by Crippen LogP contribution is -2.03. The molecule has 0 amide bonds. The van der Waals surface area contributed by atoms with Gasteiger partial charge >= 0.3 is 0 Å². The quantitative estimate of drug-likeness (QED) is 0.880. The van der Waals surface area contributed by atoms with Gasteiger partial charge in [0.05, 0.1) is 31.5 Å². The summed E-state index contributed by atoms with van der Waals surface area (Å²) in [5.74, 6) is 1.20. The van der Waals surface area contributed by atoms with Crippen LogP contribution in [0.4, 0.5) is 5.69 Å². The highest BCUT2D eigenvalue weighted by Crippen LogP contribution is 2.35. The van der Waals surface area contributed by atoms with Gasteiger partial charge in [0.25, 0.3) is 0 Å². The summed E-state index contributed by atoms with van der Waals surface area (Å²) in [5, 5.41) is 4.07. The summed E-state index contributed by atoms with van der Waals surface area (Å²) in [4.78, 5) is 0. The van der Waals surface area contributed by atoms with E-state index >= 15 is 0 Å². The highest BCUT2D eigenvalue weighted by molar-refractivity contribution is 6.32. The van der Waals surface area contributed by atoms with E-state index in [-0.39, 0.29) is 0 Å². The Kier molecular flexibility index (Phi) is 4.77. The molecule has 0 heterocycles. The third-order valence-electron chi connectivity index (χ3n) is 1.94. The second kappa shape index (κ2) is 5.87. The molecule has 16 heavy (non-hydrogen) atoms. The first-order valence-corrected chi connectivity index (χ1v) is 5.32. The molecule has 0 saturated carbocycles. The van der Waals surface area contributed by atoms with Crippen molar-refractivity contribution >= 4 is 28.9 Å². The SMILES string of the molecule is C=C(Cl)CNc1cc(Cl)c(OC)cc1OC. The van der Waals surface area contributed by atoms with Crippen LogP contribution in [-0.2, 0) is 0 Å². The first-order chi connectivity index (χ1) is 7.58. The predicted molar refractivity (Wildman–Crippen MR) is 68.0 cm³/mol. The number of benzene rings is 1. The number of halogens is 2. The summed E-state index contributed by atoms with van der Waals surface area (Å²) in [6, 6.07) is 3.43. The van der Waals surface area contributed by atoms with Crippen LogP contribution in [0.1, 0.15) is 0 Å². The fourth-order valence-electron chi connectivity index (χ4n) is 1.19. The Morgan fingerprint density at radius 2 is 1.94 bits per heavy atom. The van der Waals surface area contributed by atoms with Gasteiger partial charge in [0.15, 0.2) is 0 Å². The maximum Gasteiger partial charge on any atom is 0.145 e. The first kappa shape index (κ1) is 13.0. The molecule has 0 aliphatic heterocycles. The zero-order chi connectivity index (χ0) is 12.1. The number of nitrogens with one attached hydrogen (secondary N) is 1. The van der Waals surface area contributed by atoms with Gasteiger partial charge in [-0.15, -0.1) is 0 Å². The third-order valence-corrected chi connectivity index (χ3v) is 2.37.